The first-order chi connectivity index (χ1) is 12.4. The number of sulfonamides is 1. The first-order valence-corrected chi connectivity index (χ1v) is 11.0. The standard InChI is InChI=1S/C19H22N2O3S2/c1-14-7-8-16(13-18(14)21-9-3-4-11-26(21,23)24)20-19(22)15(2)12-17-6-5-10-25-17/h5-8,10,12-13H,3-4,9,11H2,1-2H3,(H,20,22)/b15-12+. The van der Waals surface area contributed by atoms with Gasteiger partial charge in [-0.15, -0.1) is 11.3 Å². The van der Waals surface area contributed by atoms with Crippen molar-refractivity contribution in [1.29, 1.82) is 0 Å². The van der Waals surface area contributed by atoms with Crippen LogP contribution in [0.4, 0.5) is 11.4 Å². The topological polar surface area (TPSA) is 66.5 Å². The van der Waals surface area contributed by atoms with Crippen molar-refractivity contribution in [1.82, 2.24) is 0 Å². The van der Waals surface area contributed by atoms with Crippen molar-refractivity contribution in [3.05, 3.63) is 51.7 Å². The molecule has 138 valence electrons. The number of benzene rings is 1. The van der Waals surface area contributed by atoms with Crippen LogP contribution in [0.1, 0.15) is 30.2 Å². The molecule has 1 saturated heterocycles. The Morgan fingerprint density at radius 2 is 2.08 bits per heavy atom. The van der Waals surface area contributed by atoms with Crippen molar-refractivity contribution in [3.8, 4) is 0 Å². The van der Waals surface area contributed by atoms with Crippen LogP contribution in [0.3, 0.4) is 0 Å². The van der Waals surface area contributed by atoms with Gasteiger partial charge in [-0.3, -0.25) is 9.10 Å². The molecular formula is C19H22N2O3S2. The lowest BCUT2D eigenvalue weighted by molar-refractivity contribution is -0.112. The summed E-state index contributed by atoms with van der Waals surface area (Å²) < 4.78 is 26.2. The molecule has 0 atom stereocenters. The summed E-state index contributed by atoms with van der Waals surface area (Å²) >= 11 is 1.57. The van der Waals surface area contributed by atoms with Crippen LogP contribution < -0.4 is 9.62 Å². The monoisotopic (exact) mass is 390 g/mol. The summed E-state index contributed by atoms with van der Waals surface area (Å²) in [5.41, 5.74) is 2.71. The van der Waals surface area contributed by atoms with Gasteiger partial charge in [0.1, 0.15) is 0 Å². The van der Waals surface area contributed by atoms with Crippen molar-refractivity contribution in [2.45, 2.75) is 26.7 Å². The predicted octanol–water partition coefficient (Wildman–Crippen LogP) is 4.03. The Labute approximate surface area is 158 Å². The molecule has 1 N–H and O–H groups in total. The molecule has 7 heteroatoms. The summed E-state index contributed by atoms with van der Waals surface area (Å²) in [6.07, 6.45) is 3.38. The minimum atomic E-state index is -3.28. The maximum atomic E-state index is 12.4. The number of aryl methyl sites for hydroxylation is 1. The molecule has 1 fully saturated rings. The molecule has 0 bridgehead atoms. The third-order valence-electron chi connectivity index (χ3n) is 4.35. The molecule has 26 heavy (non-hydrogen) atoms. The van der Waals surface area contributed by atoms with Gasteiger partial charge in [0, 0.05) is 22.7 Å². The second-order valence-corrected chi connectivity index (χ2v) is 9.39. The van der Waals surface area contributed by atoms with Crippen LogP contribution in [0, 0.1) is 6.92 Å². The zero-order valence-corrected chi connectivity index (χ0v) is 16.5. The van der Waals surface area contributed by atoms with E-state index in [1.807, 2.05) is 36.6 Å². The minimum Gasteiger partial charge on any atom is -0.322 e. The van der Waals surface area contributed by atoms with Crippen molar-refractivity contribution in [2.24, 2.45) is 0 Å². The van der Waals surface area contributed by atoms with E-state index >= 15 is 0 Å². The molecule has 0 aliphatic carbocycles. The number of anilines is 2. The van der Waals surface area contributed by atoms with Gasteiger partial charge in [-0.1, -0.05) is 12.1 Å². The van der Waals surface area contributed by atoms with Crippen molar-refractivity contribution < 1.29 is 13.2 Å². The smallest absolute Gasteiger partial charge is 0.251 e. The molecule has 0 saturated carbocycles. The highest BCUT2D eigenvalue weighted by Gasteiger charge is 2.27. The van der Waals surface area contributed by atoms with Gasteiger partial charge in [-0.2, -0.15) is 0 Å². The van der Waals surface area contributed by atoms with Crippen molar-refractivity contribution in [2.75, 3.05) is 21.9 Å². The van der Waals surface area contributed by atoms with Gasteiger partial charge in [-0.05, 0) is 61.9 Å². The maximum Gasteiger partial charge on any atom is 0.251 e. The molecule has 5 nitrogen and oxygen atoms in total. The van der Waals surface area contributed by atoms with E-state index in [1.165, 1.54) is 4.31 Å². The number of rotatable bonds is 4. The molecule has 0 radical (unpaired) electrons. The van der Waals surface area contributed by atoms with Crippen molar-refractivity contribution in [3.63, 3.8) is 0 Å². The Balaban J connectivity index is 1.82. The fourth-order valence-electron chi connectivity index (χ4n) is 2.90. The van der Waals surface area contributed by atoms with Gasteiger partial charge in [0.15, 0.2) is 0 Å². The maximum absolute atomic E-state index is 12.4. The zero-order chi connectivity index (χ0) is 18.7. The second kappa shape index (κ2) is 7.63. The molecule has 0 unspecified atom stereocenters. The number of nitrogens with zero attached hydrogens (tertiary/aromatic N) is 1. The Kier molecular flexibility index (Phi) is 5.48. The fraction of sp³-hybridized carbons (Fsp3) is 0.316. The third-order valence-corrected chi connectivity index (χ3v) is 7.02. The molecule has 1 aliphatic heterocycles. The molecule has 0 spiro atoms. The van der Waals surface area contributed by atoms with E-state index in [0.717, 1.165) is 16.9 Å². The molecular weight excluding hydrogens is 368 g/mol. The number of carbonyl (C=O) groups is 1. The Morgan fingerprint density at radius 1 is 1.27 bits per heavy atom. The Hall–Kier alpha value is -2.12. The normalized spacial score (nSPS) is 17.2. The summed E-state index contributed by atoms with van der Waals surface area (Å²) in [5.74, 6) is -0.0270. The SMILES string of the molecule is C/C(=C\c1cccs1)C(=O)Nc1ccc(C)c(N2CCCCS2(=O)=O)c1. The van der Waals surface area contributed by atoms with Crippen molar-refractivity contribution >= 4 is 44.7 Å². The van der Waals surface area contributed by atoms with Gasteiger partial charge in [0.2, 0.25) is 10.0 Å². The van der Waals surface area contributed by atoms with Gasteiger partial charge >= 0.3 is 0 Å². The Bertz CT molecular complexity index is 932. The summed E-state index contributed by atoms with van der Waals surface area (Å²) in [7, 11) is -3.28. The number of amides is 1. The highest BCUT2D eigenvalue weighted by Crippen LogP contribution is 2.29. The lowest BCUT2D eigenvalue weighted by Crippen LogP contribution is -2.38. The molecule has 3 rings (SSSR count). The highest BCUT2D eigenvalue weighted by atomic mass is 32.2. The van der Waals surface area contributed by atoms with Crippen LogP contribution >= 0.6 is 11.3 Å². The summed E-state index contributed by atoms with van der Waals surface area (Å²) in [5, 5.41) is 4.82. The van der Waals surface area contributed by atoms with Crippen LogP contribution in [0.2, 0.25) is 0 Å². The molecule has 2 heterocycles. The number of hydrogen-bond acceptors (Lipinski definition) is 4. The third kappa shape index (κ3) is 4.16. The molecule has 1 aromatic heterocycles. The molecule has 1 aliphatic rings. The van der Waals surface area contributed by atoms with E-state index in [9.17, 15) is 13.2 Å². The zero-order valence-electron chi connectivity index (χ0n) is 14.9. The van der Waals surface area contributed by atoms with Crippen LogP contribution in [0.15, 0.2) is 41.3 Å². The van der Waals surface area contributed by atoms with Gasteiger partial charge in [0.05, 0.1) is 11.4 Å². The highest BCUT2D eigenvalue weighted by molar-refractivity contribution is 7.92. The predicted molar refractivity (Wildman–Crippen MR) is 108 cm³/mol. The average Bonchev–Trinajstić information content (AvgIpc) is 3.09. The summed E-state index contributed by atoms with van der Waals surface area (Å²) in [6, 6.07) is 9.27. The van der Waals surface area contributed by atoms with Gasteiger partial charge < -0.3 is 5.32 Å². The first kappa shape index (κ1) is 18.7. The average molecular weight is 391 g/mol. The second-order valence-electron chi connectivity index (χ2n) is 6.39. The largest absolute Gasteiger partial charge is 0.322 e. The quantitative estimate of drug-likeness (QED) is 0.802. The van der Waals surface area contributed by atoms with E-state index in [1.54, 1.807) is 30.4 Å². The van der Waals surface area contributed by atoms with E-state index in [2.05, 4.69) is 5.32 Å². The molecule has 1 aromatic carbocycles. The number of nitrogens with one attached hydrogen (secondary N) is 1. The molecule has 2 aromatic rings. The minimum absolute atomic E-state index is 0.172. The fourth-order valence-corrected chi connectivity index (χ4v) is 5.31. The molecule has 1 amide bonds. The van der Waals surface area contributed by atoms with E-state index < -0.39 is 10.0 Å². The lowest BCUT2D eigenvalue weighted by Gasteiger charge is -2.29. The Morgan fingerprint density at radius 3 is 2.77 bits per heavy atom. The van der Waals surface area contributed by atoms with E-state index in [0.29, 0.717) is 29.9 Å². The van der Waals surface area contributed by atoms with Crippen LogP contribution in [-0.4, -0.2) is 26.6 Å². The van der Waals surface area contributed by atoms with Crippen LogP contribution in [0.5, 0.6) is 0 Å². The van der Waals surface area contributed by atoms with Gasteiger partial charge in [-0.25, -0.2) is 8.42 Å². The first-order valence-electron chi connectivity index (χ1n) is 8.51. The lowest BCUT2D eigenvalue weighted by atomic mass is 10.1. The van der Waals surface area contributed by atoms with E-state index in [-0.39, 0.29) is 11.7 Å². The van der Waals surface area contributed by atoms with Gasteiger partial charge in [0.25, 0.3) is 5.91 Å². The summed E-state index contributed by atoms with van der Waals surface area (Å²) in [6.45, 7) is 4.13. The van der Waals surface area contributed by atoms with Crippen LogP contribution in [0.25, 0.3) is 6.08 Å². The number of thiophene rings is 1. The van der Waals surface area contributed by atoms with E-state index in [4.69, 9.17) is 0 Å². The number of carbonyl (C=O) groups excluding carboxylic acids is 1. The van der Waals surface area contributed by atoms with Crippen LogP contribution in [-0.2, 0) is 14.8 Å². The number of hydrogen-bond donors (Lipinski definition) is 1. The summed E-state index contributed by atoms with van der Waals surface area (Å²) in [4.78, 5) is 13.4.